The monoisotopic (exact) mass is 276 g/mol. The molecule has 1 saturated heterocycles. The van der Waals surface area contributed by atoms with Crippen LogP contribution in [0.1, 0.15) is 31.2 Å². The van der Waals surface area contributed by atoms with Crippen LogP contribution in [0.2, 0.25) is 0 Å². The molecular formula is C17H28N2O. The largest absolute Gasteiger partial charge is 0.494 e. The summed E-state index contributed by atoms with van der Waals surface area (Å²) in [6, 6.07) is 8.95. The van der Waals surface area contributed by atoms with Crippen LogP contribution >= 0.6 is 0 Å². The fraction of sp³-hybridized carbons (Fsp3) is 0.647. The Morgan fingerprint density at radius 3 is 3.00 bits per heavy atom. The van der Waals surface area contributed by atoms with Gasteiger partial charge in [-0.3, -0.25) is 0 Å². The van der Waals surface area contributed by atoms with Gasteiger partial charge in [-0.1, -0.05) is 18.6 Å². The Morgan fingerprint density at radius 2 is 2.25 bits per heavy atom. The lowest BCUT2D eigenvalue weighted by Gasteiger charge is -2.28. The highest BCUT2D eigenvalue weighted by Crippen LogP contribution is 2.12. The van der Waals surface area contributed by atoms with Crippen LogP contribution in [0.25, 0.3) is 0 Å². The summed E-state index contributed by atoms with van der Waals surface area (Å²) in [4.78, 5) is 2.42. The van der Waals surface area contributed by atoms with Crippen molar-refractivity contribution in [1.29, 1.82) is 0 Å². The van der Waals surface area contributed by atoms with Crippen LogP contribution in [0.3, 0.4) is 0 Å². The number of hydrogen-bond acceptors (Lipinski definition) is 3. The van der Waals surface area contributed by atoms with Crippen molar-refractivity contribution in [3.05, 3.63) is 29.8 Å². The van der Waals surface area contributed by atoms with Crippen LogP contribution < -0.4 is 10.1 Å². The summed E-state index contributed by atoms with van der Waals surface area (Å²) in [6.45, 7) is 6.34. The van der Waals surface area contributed by atoms with Gasteiger partial charge in [0.15, 0.2) is 0 Å². The van der Waals surface area contributed by atoms with Gasteiger partial charge in [-0.05, 0) is 57.5 Å². The van der Waals surface area contributed by atoms with Gasteiger partial charge in [-0.2, -0.15) is 0 Å². The summed E-state index contributed by atoms with van der Waals surface area (Å²) in [5, 5.41) is 3.60. The van der Waals surface area contributed by atoms with Crippen molar-refractivity contribution < 1.29 is 4.74 Å². The number of likely N-dealkylation sites (N-methyl/N-ethyl adjacent to an activating group) is 1. The van der Waals surface area contributed by atoms with Crippen molar-refractivity contribution in [1.82, 2.24) is 10.2 Å². The molecule has 1 aromatic carbocycles. The molecule has 0 radical (unpaired) electrons. The SMILES string of the molecule is Cc1cccc(OCCCN(C)CC2CCCCN2)c1. The first-order valence-corrected chi connectivity index (χ1v) is 7.85. The molecule has 0 amide bonds. The van der Waals surface area contributed by atoms with Gasteiger partial charge in [0.2, 0.25) is 0 Å². The molecule has 112 valence electrons. The Bertz CT molecular complexity index is 388. The van der Waals surface area contributed by atoms with Crippen molar-refractivity contribution in [3.63, 3.8) is 0 Å². The zero-order valence-corrected chi connectivity index (χ0v) is 12.9. The van der Waals surface area contributed by atoms with Gasteiger partial charge in [-0.25, -0.2) is 0 Å². The van der Waals surface area contributed by atoms with Gasteiger partial charge in [-0.15, -0.1) is 0 Å². The molecule has 2 rings (SSSR count). The van der Waals surface area contributed by atoms with Crippen molar-refractivity contribution in [2.75, 3.05) is 33.3 Å². The average molecular weight is 276 g/mol. The minimum absolute atomic E-state index is 0.687. The minimum Gasteiger partial charge on any atom is -0.494 e. The van der Waals surface area contributed by atoms with Gasteiger partial charge in [0.1, 0.15) is 5.75 Å². The molecule has 3 nitrogen and oxygen atoms in total. The van der Waals surface area contributed by atoms with Gasteiger partial charge < -0.3 is 15.0 Å². The van der Waals surface area contributed by atoms with Crippen LogP contribution in [-0.4, -0.2) is 44.2 Å². The van der Waals surface area contributed by atoms with E-state index in [0.717, 1.165) is 31.9 Å². The Hall–Kier alpha value is -1.06. The highest BCUT2D eigenvalue weighted by atomic mass is 16.5. The molecule has 1 atom stereocenters. The second-order valence-corrected chi connectivity index (χ2v) is 5.93. The number of ether oxygens (including phenoxy) is 1. The van der Waals surface area contributed by atoms with E-state index in [1.54, 1.807) is 0 Å². The molecule has 0 bridgehead atoms. The van der Waals surface area contributed by atoms with Crippen LogP contribution in [0, 0.1) is 6.92 Å². The number of hydrogen-bond donors (Lipinski definition) is 1. The highest BCUT2D eigenvalue weighted by Gasteiger charge is 2.14. The highest BCUT2D eigenvalue weighted by molar-refractivity contribution is 5.27. The third-order valence-corrected chi connectivity index (χ3v) is 3.89. The molecule has 0 saturated carbocycles. The van der Waals surface area contributed by atoms with E-state index in [2.05, 4.69) is 36.3 Å². The standard InChI is InChI=1S/C17H28N2O/c1-15-7-5-9-17(13-15)20-12-6-11-19(2)14-16-8-3-4-10-18-16/h5,7,9,13,16,18H,3-4,6,8,10-12,14H2,1-2H3. The summed E-state index contributed by atoms with van der Waals surface area (Å²) >= 11 is 0. The molecule has 0 aromatic heterocycles. The van der Waals surface area contributed by atoms with E-state index < -0.39 is 0 Å². The molecule has 1 N–H and O–H groups in total. The lowest BCUT2D eigenvalue weighted by molar-refractivity contribution is 0.233. The van der Waals surface area contributed by atoms with E-state index in [9.17, 15) is 0 Å². The molecule has 1 aromatic rings. The average Bonchev–Trinajstić information content (AvgIpc) is 2.45. The van der Waals surface area contributed by atoms with Gasteiger partial charge in [0.25, 0.3) is 0 Å². The maximum absolute atomic E-state index is 5.78. The molecule has 0 aliphatic carbocycles. The van der Waals surface area contributed by atoms with Crippen molar-refractivity contribution in [2.45, 2.75) is 38.6 Å². The Labute approximate surface area is 123 Å². The Morgan fingerprint density at radius 1 is 1.35 bits per heavy atom. The molecule has 0 spiro atoms. The minimum atomic E-state index is 0.687. The first-order valence-electron chi connectivity index (χ1n) is 7.85. The van der Waals surface area contributed by atoms with Gasteiger partial charge >= 0.3 is 0 Å². The maximum Gasteiger partial charge on any atom is 0.119 e. The lowest BCUT2D eigenvalue weighted by Crippen LogP contribution is -2.42. The predicted molar refractivity (Wildman–Crippen MR) is 84.4 cm³/mol. The summed E-state index contributed by atoms with van der Waals surface area (Å²) in [5.41, 5.74) is 1.25. The molecule has 1 unspecified atom stereocenters. The van der Waals surface area contributed by atoms with E-state index in [-0.39, 0.29) is 0 Å². The second kappa shape index (κ2) is 8.28. The van der Waals surface area contributed by atoms with Crippen LogP contribution in [0.5, 0.6) is 5.75 Å². The zero-order valence-electron chi connectivity index (χ0n) is 12.9. The maximum atomic E-state index is 5.78. The quantitative estimate of drug-likeness (QED) is 0.775. The predicted octanol–water partition coefficient (Wildman–Crippen LogP) is 2.84. The van der Waals surface area contributed by atoms with E-state index in [0.29, 0.717) is 6.04 Å². The van der Waals surface area contributed by atoms with Gasteiger partial charge in [0.05, 0.1) is 6.61 Å². The van der Waals surface area contributed by atoms with E-state index in [1.165, 1.54) is 31.4 Å². The first kappa shape index (κ1) is 15.3. The summed E-state index contributed by atoms with van der Waals surface area (Å²) in [6.07, 6.45) is 5.12. The normalized spacial score (nSPS) is 19.2. The van der Waals surface area contributed by atoms with E-state index in [4.69, 9.17) is 4.74 Å². The summed E-state index contributed by atoms with van der Waals surface area (Å²) in [5.74, 6) is 0.988. The summed E-state index contributed by atoms with van der Waals surface area (Å²) in [7, 11) is 2.21. The smallest absolute Gasteiger partial charge is 0.119 e. The molecule has 1 fully saturated rings. The number of benzene rings is 1. The van der Waals surface area contributed by atoms with E-state index >= 15 is 0 Å². The molecule has 1 aliphatic heterocycles. The fourth-order valence-electron chi connectivity index (χ4n) is 2.78. The van der Waals surface area contributed by atoms with Crippen molar-refractivity contribution in [3.8, 4) is 5.75 Å². The number of rotatable bonds is 7. The molecule has 1 heterocycles. The molecule has 3 heteroatoms. The second-order valence-electron chi connectivity index (χ2n) is 5.93. The zero-order chi connectivity index (χ0) is 14.2. The topological polar surface area (TPSA) is 24.5 Å². The molecule has 20 heavy (non-hydrogen) atoms. The fourth-order valence-corrected chi connectivity index (χ4v) is 2.78. The van der Waals surface area contributed by atoms with Gasteiger partial charge in [0, 0.05) is 19.1 Å². The third kappa shape index (κ3) is 5.51. The Balaban J connectivity index is 1.58. The molecular weight excluding hydrogens is 248 g/mol. The van der Waals surface area contributed by atoms with Crippen molar-refractivity contribution >= 4 is 0 Å². The van der Waals surface area contributed by atoms with Crippen LogP contribution in [0.15, 0.2) is 24.3 Å². The first-order chi connectivity index (χ1) is 9.74. The Kier molecular flexibility index (Phi) is 6.34. The van der Waals surface area contributed by atoms with Crippen LogP contribution in [-0.2, 0) is 0 Å². The number of aryl methyl sites for hydroxylation is 1. The lowest BCUT2D eigenvalue weighted by atomic mass is 10.0. The third-order valence-electron chi connectivity index (χ3n) is 3.89. The van der Waals surface area contributed by atoms with Crippen molar-refractivity contribution in [2.24, 2.45) is 0 Å². The number of nitrogens with one attached hydrogen (secondary N) is 1. The van der Waals surface area contributed by atoms with E-state index in [1.807, 2.05) is 12.1 Å². The number of piperidine rings is 1. The number of nitrogens with zero attached hydrogens (tertiary/aromatic N) is 1. The van der Waals surface area contributed by atoms with Crippen LogP contribution in [0.4, 0.5) is 0 Å². The summed E-state index contributed by atoms with van der Waals surface area (Å²) < 4.78 is 5.78. The molecule has 1 aliphatic rings.